The molecular weight excluding hydrogens is 270 g/mol. The maximum Gasteiger partial charge on any atom is 0.191 e. The molecule has 20 heavy (non-hydrogen) atoms. The molecule has 1 aromatic carbocycles. The van der Waals surface area contributed by atoms with Crippen LogP contribution in [0.5, 0.6) is 5.75 Å². The smallest absolute Gasteiger partial charge is 0.191 e. The molecule has 0 aliphatic carbocycles. The minimum absolute atomic E-state index is 0.883. The van der Waals surface area contributed by atoms with Crippen LogP contribution in [0.4, 0.5) is 0 Å². The molecule has 0 radical (unpaired) electrons. The number of nitrogens with one attached hydrogen (secondary N) is 2. The van der Waals surface area contributed by atoms with Crippen LogP contribution >= 0.6 is 11.8 Å². The molecule has 0 aliphatic heterocycles. The number of ether oxygens (including phenoxy) is 1. The van der Waals surface area contributed by atoms with Crippen molar-refractivity contribution in [2.75, 3.05) is 39.3 Å². The summed E-state index contributed by atoms with van der Waals surface area (Å²) in [6, 6.07) is 8.24. The third-order valence-electron chi connectivity index (χ3n) is 2.92. The fraction of sp³-hybridized carbons (Fsp3) is 0.533. The average Bonchev–Trinajstić information content (AvgIpc) is 2.50. The topological polar surface area (TPSA) is 45.7 Å². The van der Waals surface area contributed by atoms with E-state index in [0.29, 0.717) is 0 Å². The van der Waals surface area contributed by atoms with E-state index in [0.717, 1.165) is 43.4 Å². The van der Waals surface area contributed by atoms with Gasteiger partial charge >= 0.3 is 0 Å². The van der Waals surface area contributed by atoms with Crippen LogP contribution in [-0.2, 0) is 6.42 Å². The van der Waals surface area contributed by atoms with Crippen LogP contribution in [-0.4, -0.2) is 45.2 Å². The van der Waals surface area contributed by atoms with Gasteiger partial charge in [-0.2, -0.15) is 11.8 Å². The van der Waals surface area contributed by atoms with Crippen molar-refractivity contribution in [3.63, 3.8) is 0 Å². The predicted octanol–water partition coefficient (Wildman–Crippen LogP) is 2.16. The predicted molar refractivity (Wildman–Crippen MR) is 89.1 cm³/mol. The van der Waals surface area contributed by atoms with Crippen LogP contribution in [0.3, 0.4) is 0 Å². The van der Waals surface area contributed by atoms with Gasteiger partial charge in [-0.15, -0.1) is 0 Å². The molecule has 0 saturated heterocycles. The number of rotatable bonds is 8. The third-order valence-corrected chi connectivity index (χ3v) is 3.53. The standard InChI is InChI=1S/C15H25N3OS/c1-16-15(18-11-12-20-3)17-10-4-5-13-6-8-14(19-2)9-7-13/h6-9H,4-5,10-12H2,1-3H3,(H2,16,17,18). The minimum Gasteiger partial charge on any atom is -0.497 e. The summed E-state index contributed by atoms with van der Waals surface area (Å²) in [6.45, 7) is 1.87. The lowest BCUT2D eigenvalue weighted by molar-refractivity contribution is 0.414. The average molecular weight is 295 g/mol. The highest BCUT2D eigenvalue weighted by molar-refractivity contribution is 7.98. The van der Waals surface area contributed by atoms with Crippen LogP contribution in [0.2, 0.25) is 0 Å². The molecule has 0 fully saturated rings. The van der Waals surface area contributed by atoms with Gasteiger partial charge in [0.15, 0.2) is 5.96 Å². The van der Waals surface area contributed by atoms with E-state index in [1.165, 1.54) is 5.56 Å². The molecule has 0 aliphatic rings. The Bertz CT molecular complexity index is 393. The lowest BCUT2D eigenvalue weighted by Gasteiger charge is -2.11. The van der Waals surface area contributed by atoms with Gasteiger partial charge in [0.2, 0.25) is 0 Å². The van der Waals surface area contributed by atoms with Crippen molar-refractivity contribution in [2.24, 2.45) is 4.99 Å². The summed E-state index contributed by atoms with van der Waals surface area (Å²) in [5, 5.41) is 6.61. The van der Waals surface area contributed by atoms with Gasteiger partial charge in [0, 0.05) is 25.9 Å². The van der Waals surface area contributed by atoms with E-state index in [4.69, 9.17) is 4.74 Å². The summed E-state index contributed by atoms with van der Waals surface area (Å²) in [4.78, 5) is 4.20. The number of guanidine groups is 1. The van der Waals surface area contributed by atoms with Crippen LogP contribution in [0.15, 0.2) is 29.3 Å². The van der Waals surface area contributed by atoms with Gasteiger partial charge in [-0.05, 0) is 36.8 Å². The molecule has 112 valence electrons. The fourth-order valence-corrected chi connectivity index (χ4v) is 2.09. The summed E-state index contributed by atoms with van der Waals surface area (Å²) in [5.41, 5.74) is 1.33. The van der Waals surface area contributed by atoms with Crippen molar-refractivity contribution in [3.8, 4) is 5.75 Å². The number of benzene rings is 1. The number of aliphatic imine (C=N–C) groups is 1. The number of nitrogens with zero attached hydrogens (tertiary/aromatic N) is 1. The first-order valence-corrected chi connectivity index (χ1v) is 8.26. The van der Waals surface area contributed by atoms with Gasteiger partial charge in [-0.25, -0.2) is 0 Å². The zero-order valence-corrected chi connectivity index (χ0v) is 13.4. The normalized spacial score (nSPS) is 11.2. The van der Waals surface area contributed by atoms with Crippen molar-refractivity contribution in [1.82, 2.24) is 10.6 Å². The highest BCUT2D eigenvalue weighted by Crippen LogP contribution is 2.12. The Morgan fingerprint density at radius 3 is 2.50 bits per heavy atom. The largest absolute Gasteiger partial charge is 0.497 e. The van der Waals surface area contributed by atoms with Crippen molar-refractivity contribution in [3.05, 3.63) is 29.8 Å². The molecular formula is C15H25N3OS. The Kier molecular flexibility index (Phi) is 8.71. The minimum atomic E-state index is 0.883. The maximum atomic E-state index is 5.15. The second-order valence-corrected chi connectivity index (χ2v) is 5.36. The van der Waals surface area contributed by atoms with E-state index in [1.807, 2.05) is 23.9 Å². The molecule has 5 heteroatoms. The van der Waals surface area contributed by atoms with Gasteiger partial charge in [0.25, 0.3) is 0 Å². The number of hydrogen-bond acceptors (Lipinski definition) is 3. The molecule has 2 N–H and O–H groups in total. The number of thioether (sulfide) groups is 1. The zero-order valence-electron chi connectivity index (χ0n) is 12.6. The Hall–Kier alpha value is -1.36. The molecule has 0 amide bonds. The first-order valence-electron chi connectivity index (χ1n) is 6.86. The number of methoxy groups -OCH3 is 1. The lowest BCUT2D eigenvalue weighted by atomic mass is 10.1. The van der Waals surface area contributed by atoms with Gasteiger partial charge in [0.1, 0.15) is 5.75 Å². The summed E-state index contributed by atoms with van der Waals surface area (Å²) in [7, 11) is 3.49. The summed E-state index contributed by atoms with van der Waals surface area (Å²) in [6.07, 6.45) is 4.24. The molecule has 1 rings (SSSR count). The van der Waals surface area contributed by atoms with E-state index < -0.39 is 0 Å². The Balaban J connectivity index is 2.19. The van der Waals surface area contributed by atoms with Crippen LogP contribution in [0.25, 0.3) is 0 Å². The van der Waals surface area contributed by atoms with Crippen molar-refractivity contribution in [2.45, 2.75) is 12.8 Å². The van der Waals surface area contributed by atoms with Crippen LogP contribution < -0.4 is 15.4 Å². The third kappa shape index (κ3) is 6.70. The molecule has 0 saturated carbocycles. The van der Waals surface area contributed by atoms with E-state index in [2.05, 4.69) is 34.0 Å². The summed E-state index contributed by atoms with van der Waals surface area (Å²) < 4.78 is 5.15. The Morgan fingerprint density at radius 1 is 1.20 bits per heavy atom. The lowest BCUT2D eigenvalue weighted by Crippen LogP contribution is -2.38. The molecule has 0 bridgehead atoms. The van der Waals surface area contributed by atoms with Crippen molar-refractivity contribution >= 4 is 17.7 Å². The monoisotopic (exact) mass is 295 g/mol. The highest BCUT2D eigenvalue weighted by atomic mass is 32.2. The molecule has 1 aromatic rings. The van der Waals surface area contributed by atoms with E-state index in [-0.39, 0.29) is 0 Å². The second-order valence-electron chi connectivity index (χ2n) is 4.37. The molecule has 0 spiro atoms. The molecule has 4 nitrogen and oxygen atoms in total. The Labute approximate surface area is 126 Å². The van der Waals surface area contributed by atoms with Crippen LogP contribution in [0, 0.1) is 0 Å². The number of hydrogen-bond donors (Lipinski definition) is 2. The van der Waals surface area contributed by atoms with E-state index in [9.17, 15) is 0 Å². The van der Waals surface area contributed by atoms with Gasteiger partial charge in [-0.1, -0.05) is 12.1 Å². The van der Waals surface area contributed by atoms with E-state index >= 15 is 0 Å². The zero-order chi connectivity index (χ0) is 14.6. The Morgan fingerprint density at radius 2 is 1.90 bits per heavy atom. The molecule has 0 atom stereocenters. The first-order chi connectivity index (χ1) is 9.80. The van der Waals surface area contributed by atoms with Gasteiger partial charge < -0.3 is 15.4 Å². The summed E-state index contributed by atoms with van der Waals surface area (Å²) >= 11 is 1.83. The quantitative estimate of drug-likeness (QED) is 0.438. The van der Waals surface area contributed by atoms with Gasteiger partial charge in [0.05, 0.1) is 7.11 Å². The van der Waals surface area contributed by atoms with Crippen molar-refractivity contribution in [1.29, 1.82) is 0 Å². The summed E-state index contributed by atoms with van der Waals surface area (Å²) in [5.74, 6) is 2.88. The SMILES string of the molecule is CN=C(NCCCc1ccc(OC)cc1)NCCSC. The number of aryl methyl sites for hydroxylation is 1. The molecule has 0 heterocycles. The van der Waals surface area contributed by atoms with Gasteiger partial charge in [-0.3, -0.25) is 4.99 Å². The first kappa shape index (κ1) is 16.7. The molecule has 0 unspecified atom stereocenters. The maximum absolute atomic E-state index is 5.15. The second kappa shape index (κ2) is 10.4. The fourth-order valence-electron chi connectivity index (χ4n) is 1.78. The van der Waals surface area contributed by atoms with Crippen molar-refractivity contribution < 1.29 is 4.74 Å². The van der Waals surface area contributed by atoms with E-state index in [1.54, 1.807) is 14.2 Å². The highest BCUT2D eigenvalue weighted by Gasteiger charge is 1.98. The van der Waals surface area contributed by atoms with Crippen LogP contribution in [0.1, 0.15) is 12.0 Å². The molecule has 0 aromatic heterocycles.